The number of carbonyl (C=O) groups excluding carboxylic acids is 2. The van der Waals surface area contributed by atoms with Gasteiger partial charge in [-0.3, -0.25) is 24.2 Å². The van der Waals surface area contributed by atoms with Gasteiger partial charge in [-0.05, 0) is 43.4 Å². The molecule has 1 N–H and O–H groups in total. The van der Waals surface area contributed by atoms with E-state index in [1.54, 1.807) is 16.0 Å². The summed E-state index contributed by atoms with van der Waals surface area (Å²) in [6.07, 6.45) is 5.24. The minimum atomic E-state index is -0.972. The van der Waals surface area contributed by atoms with Gasteiger partial charge in [0.15, 0.2) is 5.13 Å². The molecule has 4 heterocycles. The lowest BCUT2D eigenvalue weighted by Gasteiger charge is -2.40. The molecular formula is C30H32N4O5S. The van der Waals surface area contributed by atoms with Crippen molar-refractivity contribution >= 4 is 40.1 Å². The van der Waals surface area contributed by atoms with Crippen LogP contribution in [0, 0.1) is 11.3 Å². The average Bonchev–Trinajstić information content (AvgIpc) is 3.47. The quantitative estimate of drug-likeness (QED) is 0.371. The number of anilines is 2. The fourth-order valence-electron chi connectivity index (χ4n) is 5.63. The highest BCUT2D eigenvalue weighted by atomic mass is 32.1. The van der Waals surface area contributed by atoms with Crippen LogP contribution in [0.5, 0.6) is 0 Å². The lowest BCUT2D eigenvalue weighted by atomic mass is 9.78. The van der Waals surface area contributed by atoms with Gasteiger partial charge >= 0.3 is 5.97 Å². The fraction of sp³-hybridized carbons (Fsp3) is 0.433. The largest absolute Gasteiger partial charge is 0.481 e. The van der Waals surface area contributed by atoms with Crippen LogP contribution in [0.3, 0.4) is 0 Å². The van der Waals surface area contributed by atoms with Crippen molar-refractivity contribution in [3.05, 3.63) is 48.0 Å². The summed E-state index contributed by atoms with van der Waals surface area (Å²) >= 11 is 1.41. The zero-order valence-corrected chi connectivity index (χ0v) is 23.2. The van der Waals surface area contributed by atoms with Crippen LogP contribution in [-0.2, 0) is 19.1 Å². The second-order valence-electron chi connectivity index (χ2n) is 11.4. The summed E-state index contributed by atoms with van der Waals surface area (Å²) in [5, 5.41) is 12.1. The molecule has 1 unspecified atom stereocenters. The number of aliphatic carboxylic acids is 1. The third-order valence-corrected chi connectivity index (χ3v) is 8.71. The van der Waals surface area contributed by atoms with Gasteiger partial charge in [-0.15, -0.1) is 11.3 Å². The fourth-order valence-corrected chi connectivity index (χ4v) is 6.53. The molecule has 1 aromatic carbocycles. The number of carboxylic acid groups (broad SMARTS) is 1. The first kappa shape index (κ1) is 26.6. The van der Waals surface area contributed by atoms with Gasteiger partial charge in [-0.25, -0.2) is 9.97 Å². The molecule has 6 rings (SSSR count). The smallest absolute Gasteiger partial charge is 0.304 e. The van der Waals surface area contributed by atoms with Crippen molar-refractivity contribution < 1.29 is 24.2 Å². The maximum absolute atomic E-state index is 13.8. The number of aromatic nitrogens is 2. The molecule has 0 bridgehead atoms. The number of benzene rings is 1. The Bertz CT molecular complexity index is 1430. The molecular weight excluding hydrogens is 528 g/mol. The Morgan fingerprint density at radius 3 is 2.58 bits per heavy atom. The van der Waals surface area contributed by atoms with Crippen molar-refractivity contribution in [2.45, 2.75) is 51.5 Å². The van der Waals surface area contributed by atoms with Crippen LogP contribution in [-0.4, -0.2) is 58.7 Å². The molecule has 9 nitrogen and oxygen atoms in total. The maximum atomic E-state index is 13.8. The first-order valence-corrected chi connectivity index (χ1v) is 14.6. The monoisotopic (exact) mass is 560 g/mol. The molecule has 0 radical (unpaired) electrons. The van der Waals surface area contributed by atoms with Crippen LogP contribution in [0.1, 0.15) is 45.4 Å². The van der Waals surface area contributed by atoms with Gasteiger partial charge in [0.1, 0.15) is 5.82 Å². The number of ether oxygens (including phenoxy) is 1. The number of hydrogen-bond acceptors (Lipinski definition) is 7. The highest BCUT2D eigenvalue weighted by Crippen LogP contribution is 2.41. The summed E-state index contributed by atoms with van der Waals surface area (Å²) in [5.41, 5.74) is 3.36. The van der Waals surface area contributed by atoms with E-state index in [2.05, 4.69) is 4.98 Å². The Labute approximate surface area is 236 Å². The van der Waals surface area contributed by atoms with E-state index in [1.165, 1.54) is 11.3 Å². The van der Waals surface area contributed by atoms with Crippen LogP contribution in [0.15, 0.2) is 48.0 Å². The standard InChI is InChI=1S/C30H32N4O5S/c1-30(17-39-18-30)14-20(13-27(36)37)28(38)34(21-9-10-21)29-32-24(16-40-29)23-6-3-2-5-22(23)19-8-11-25(31-15-19)33-12-4-7-26(33)35/h2-3,5-6,8,11,15-16,20-21H,4,7,9-10,12-14,17-18H2,1H3,(H,36,37). The van der Waals surface area contributed by atoms with E-state index in [0.29, 0.717) is 43.5 Å². The zero-order valence-electron chi connectivity index (χ0n) is 22.4. The summed E-state index contributed by atoms with van der Waals surface area (Å²) in [7, 11) is 0. The van der Waals surface area contributed by atoms with Crippen LogP contribution < -0.4 is 9.80 Å². The van der Waals surface area contributed by atoms with Crippen molar-refractivity contribution in [1.29, 1.82) is 0 Å². The van der Waals surface area contributed by atoms with E-state index >= 15 is 0 Å². The van der Waals surface area contributed by atoms with Gasteiger partial charge in [-0.1, -0.05) is 31.2 Å². The highest BCUT2D eigenvalue weighted by Gasteiger charge is 2.43. The first-order valence-electron chi connectivity index (χ1n) is 13.8. The van der Waals surface area contributed by atoms with Crippen molar-refractivity contribution in [3.63, 3.8) is 0 Å². The van der Waals surface area contributed by atoms with Gasteiger partial charge in [0.05, 0.1) is 25.3 Å². The Hall–Kier alpha value is -3.63. The number of carbonyl (C=O) groups is 3. The molecule has 2 aromatic heterocycles. The summed E-state index contributed by atoms with van der Waals surface area (Å²) in [5.74, 6) is -0.995. The maximum Gasteiger partial charge on any atom is 0.304 e. The molecule has 3 aliphatic rings. The van der Waals surface area contributed by atoms with Gasteiger partial charge in [0.2, 0.25) is 11.8 Å². The molecule has 208 valence electrons. The normalized spacial score (nSPS) is 18.8. The minimum Gasteiger partial charge on any atom is -0.481 e. The zero-order chi connectivity index (χ0) is 27.9. The Morgan fingerprint density at radius 1 is 1.20 bits per heavy atom. The summed E-state index contributed by atoms with van der Waals surface area (Å²) < 4.78 is 5.36. The van der Waals surface area contributed by atoms with Gasteiger partial charge in [0, 0.05) is 53.0 Å². The molecule has 1 atom stereocenters. The van der Waals surface area contributed by atoms with Crippen molar-refractivity contribution in [3.8, 4) is 22.4 Å². The van der Waals surface area contributed by atoms with Gasteiger partial charge in [-0.2, -0.15) is 0 Å². The van der Waals surface area contributed by atoms with Gasteiger partial charge in [0.25, 0.3) is 0 Å². The number of amides is 2. The Kier molecular flexibility index (Phi) is 7.14. The molecule has 2 amide bonds. The second kappa shape index (κ2) is 10.7. The molecule has 2 aliphatic heterocycles. The van der Waals surface area contributed by atoms with E-state index in [9.17, 15) is 19.5 Å². The Balaban J connectivity index is 1.27. The number of carboxylic acids is 1. The lowest BCUT2D eigenvalue weighted by Crippen LogP contribution is -2.46. The Morgan fingerprint density at radius 2 is 1.98 bits per heavy atom. The van der Waals surface area contributed by atoms with E-state index in [0.717, 1.165) is 41.6 Å². The van der Waals surface area contributed by atoms with Crippen LogP contribution in [0.4, 0.5) is 10.9 Å². The molecule has 1 aliphatic carbocycles. The molecule has 3 aromatic rings. The van der Waals surface area contributed by atoms with E-state index in [4.69, 9.17) is 9.72 Å². The predicted molar refractivity (Wildman–Crippen MR) is 152 cm³/mol. The number of nitrogens with zero attached hydrogens (tertiary/aromatic N) is 4. The minimum absolute atomic E-state index is 0.0496. The molecule has 0 spiro atoms. The number of rotatable bonds is 10. The van der Waals surface area contributed by atoms with Crippen molar-refractivity contribution in [2.24, 2.45) is 11.3 Å². The summed E-state index contributed by atoms with van der Waals surface area (Å²) in [6.45, 7) is 3.83. The number of pyridine rings is 1. The lowest BCUT2D eigenvalue weighted by molar-refractivity contribution is -0.145. The predicted octanol–water partition coefficient (Wildman–Crippen LogP) is 5.01. The third-order valence-electron chi connectivity index (χ3n) is 7.87. The van der Waals surface area contributed by atoms with E-state index < -0.39 is 11.9 Å². The summed E-state index contributed by atoms with van der Waals surface area (Å²) in [6, 6.07) is 11.8. The highest BCUT2D eigenvalue weighted by molar-refractivity contribution is 7.14. The van der Waals surface area contributed by atoms with Crippen molar-refractivity contribution in [1.82, 2.24) is 9.97 Å². The SMILES string of the molecule is CC1(CC(CC(=O)O)C(=O)N(c2nc(-c3ccccc3-c3ccc(N4CCCC4=O)nc3)cs2)C2CC2)COC1. The number of thiazole rings is 1. The van der Waals surface area contributed by atoms with Crippen LogP contribution in [0.2, 0.25) is 0 Å². The van der Waals surface area contributed by atoms with E-state index in [-0.39, 0.29) is 29.7 Å². The molecule has 3 fully saturated rings. The molecule has 1 saturated carbocycles. The van der Waals surface area contributed by atoms with Gasteiger partial charge < -0.3 is 9.84 Å². The topological polar surface area (TPSA) is 113 Å². The van der Waals surface area contributed by atoms with Crippen LogP contribution >= 0.6 is 11.3 Å². The third kappa shape index (κ3) is 5.38. The first-order chi connectivity index (χ1) is 19.3. The average molecular weight is 561 g/mol. The van der Waals surface area contributed by atoms with E-state index in [1.807, 2.05) is 48.7 Å². The second-order valence-corrected chi connectivity index (χ2v) is 12.2. The number of hydrogen-bond donors (Lipinski definition) is 1. The molecule has 40 heavy (non-hydrogen) atoms. The van der Waals surface area contributed by atoms with Crippen molar-refractivity contribution in [2.75, 3.05) is 29.6 Å². The summed E-state index contributed by atoms with van der Waals surface area (Å²) in [4.78, 5) is 50.6. The molecule has 2 saturated heterocycles. The molecule has 10 heteroatoms. The van der Waals surface area contributed by atoms with Crippen LogP contribution in [0.25, 0.3) is 22.4 Å².